The third kappa shape index (κ3) is 4.97. The molecule has 2 aromatic rings. The van der Waals surface area contributed by atoms with Crippen LogP contribution in [0.3, 0.4) is 0 Å². The van der Waals surface area contributed by atoms with Crippen molar-refractivity contribution in [3.63, 3.8) is 0 Å². The normalized spacial score (nSPS) is 19.9. The lowest BCUT2D eigenvalue weighted by molar-refractivity contribution is -0.119. The minimum atomic E-state index is -5.53. The fourth-order valence-electron chi connectivity index (χ4n) is 4.36. The van der Waals surface area contributed by atoms with Crippen LogP contribution < -0.4 is 10.2 Å². The number of anilines is 2. The van der Waals surface area contributed by atoms with Gasteiger partial charge >= 0.3 is 11.5 Å². The standard InChI is InChI=1S/C23H25F3N4O4S/c1-15-21(31)30(18-7-9-19(10-8-18)35(33,34)23(24,25)26)22(32)29(15)14-16-11-12-27-20(13-16)28-17-5-3-2-4-6-17/h7-13,15,17H,2-6,14H2,1H3,(H,27,28). The number of benzene rings is 1. The lowest BCUT2D eigenvalue weighted by Gasteiger charge is -2.24. The van der Waals surface area contributed by atoms with Crippen LogP contribution in [-0.2, 0) is 21.2 Å². The molecule has 3 amide bonds. The van der Waals surface area contributed by atoms with Crippen molar-refractivity contribution in [1.29, 1.82) is 0 Å². The Balaban J connectivity index is 1.50. The SMILES string of the molecule is CC1C(=O)N(c2ccc(S(=O)(=O)C(F)(F)F)cc2)C(=O)N1Cc1ccnc(NC2CCCCC2)c1. The summed E-state index contributed by atoms with van der Waals surface area (Å²) in [7, 11) is -5.53. The molecule has 1 aromatic heterocycles. The van der Waals surface area contributed by atoms with Crippen molar-refractivity contribution in [2.45, 2.75) is 68.1 Å². The molecule has 0 radical (unpaired) electrons. The molecule has 1 N–H and O–H groups in total. The van der Waals surface area contributed by atoms with Crippen molar-refractivity contribution in [3.8, 4) is 0 Å². The number of hydrogen-bond donors (Lipinski definition) is 1. The molecule has 0 spiro atoms. The number of carbonyl (C=O) groups excluding carboxylic acids is 2. The summed E-state index contributed by atoms with van der Waals surface area (Å²) in [5, 5.41) is 3.42. The van der Waals surface area contributed by atoms with E-state index in [0.29, 0.717) is 11.9 Å². The van der Waals surface area contributed by atoms with E-state index >= 15 is 0 Å². The number of rotatable bonds is 6. The molecule has 1 aliphatic heterocycles. The van der Waals surface area contributed by atoms with Crippen LogP contribution in [-0.4, -0.2) is 47.8 Å². The van der Waals surface area contributed by atoms with Gasteiger partial charge in [0.2, 0.25) is 0 Å². The molecule has 2 heterocycles. The Labute approximate surface area is 201 Å². The molecule has 1 aromatic carbocycles. The second-order valence-electron chi connectivity index (χ2n) is 8.73. The third-order valence-corrected chi connectivity index (χ3v) is 7.83. The number of pyridine rings is 1. The molecule has 0 bridgehead atoms. The minimum Gasteiger partial charge on any atom is -0.367 e. The number of imide groups is 1. The van der Waals surface area contributed by atoms with Gasteiger partial charge in [-0.3, -0.25) is 4.79 Å². The monoisotopic (exact) mass is 510 g/mol. The number of nitrogens with zero attached hydrogens (tertiary/aromatic N) is 3. The Kier molecular flexibility index (Phi) is 6.76. The Morgan fingerprint density at radius 1 is 1.06 bits per heavy atom. The summed E-state index contributed by atoms with van der Waals surface area (Å²) < 4.78 is 61.5. The van der Waals surface area contributed by atoms with Crippen LogP contribution in [0.1, 0.15) is 44.6 Å². The Morgan fingerprint density at radius 3 is 2.34 bits per heavy atom. The Morgan fingerprint density at radius 2 is 1.71 bits per heavy atom. The third-order valence-electron chi connectivity index (χ3n) is 6.33. The molecule has 2 fully saturated rings. The van der Waals surface area contributed by atoms with Gasteiger partial charge in [-0.1, -0.05) is 19.3 Å². The number of hydrogen-bond acceptors (Lipinski definition) is 6. The maximum absolute atomic E-state index is 13.1. The molecule has 4 rings (SSSR count). The van der Waals surface area contributed by atoms with Gasteiger partial charge in [0, 0.05) is 18.8 Å². The fourth-order valence-corrected chi connectivity index (χ4v) is 5.12. The summed E-state index contributed by atoms with van der Waals surface area (Å²) in [6.07, 6.45) is 7.33. The number of halogens is 3. The fraction of sp³-hybridized carbons (Fsp3) is 0.435. The Hall–Kier alpha value is -3.15. The van der Waals surface area contributed by atoms with E-state index in [1.54, 1.807) is 19.2 Å². The molecule has 188 valence electrons. The lowest BCUT2D eigenvalue weighted by Crippen LogP contribution is -2.33. The molecule has 12 heteroatoms. The molecule has 2 aliphatic rings. The summed E-state index contributed by atoms with van der Waals surface area (Å²) >= 11 is 0. The van der Waals surface area contributed by atoms with Gasteiger partial charge in [0.05, 0.1) is 10.6 Å². The largest absolute Gasteiger partial charge is 0.501 e. The molecular weight excluding hydrogens is 485 g/mol. The van der Waals surface area contributed by atoms with Crippen LogP contribution in [0.4, 0.5) is 29.5 Å². The van der Waals surface area contributed by atoms with E-state index in [-0.39, 0.29) is 12.2 Å². The maximum Gasteiger partial charge on any atom is 0.501 e. The molecule has 8 nitrogen and oxygen atoms in total. The van der Waals surface area contributed by atoms with E-state index in [2.05, 4.69) is 10.3 Å². The van der Waals surface area contributed by atoms with Crippen LogP contribution in [0.2, 0.25) is 0 Å². The van der Waals surface area contributed by atoms with Gasteiger partial charge in [-0.25, -0.2) is 23.1 Å². The molecule has 1 saturated carbocycles. The minimum absolute atomic E-state index is 0.00939. The molecular formula is C23H25F3N4O4S. The van der Waals surface area contributed by atoms with Crippen LogP contribution in [0.25, 0.3) is 0 Å². The first kappa shape index (κ1) is 25.0. The van der Waals surface area contributed by atoms with Crippen LogP contribution >= 0.6 is 0 Å². The number of carbonyl (C=O) groups is 2. The zero-order valence-electron chi connectivity index (χ0n) is 19.0. The van der Waals surface area contributed by atoms with Crippen molar-refractivity contribution in [2.75, 3.05) is 10.2 Å². The first-order valence-electron chi connectivity index (χ1n) is 11.3. The number of aromatic nitrogens is 1. The van der Waals surface area contributed by atoms with Crippen molar-refractivity contribution in [2.24, 2.45) is 0 Å². The van der Waals surface area contributed by atoms with Crippen molar-refractivity contribution >= 4 is 33.3 Å². The maximum atomic E-state index is 13.1. The van der Waals surface area contributed by atoms with E-state index in [0.717, 1.165) is 60.4 Å². The second kappa shape index (κ2) is 9.48. The topological polar surface area (TPSA) is 99.7 Å². The average molecular weight is 511 g/mol. The number of sulfone groups is 1. The summed E-state index contributed by atoms with van der Waals surface area (Å²) in [6, 6.07) is 5.97. The lowest BCUT2D eigenvalue weighted by atomic mass is 9.95. The van der Waals surface area contributed by atoms with Crippen LogP contribution in [0.5, 0.6) is 0 Å². The van der Waals surface area contributed by atoms with Crippen LogP contribution in [0, 0.1) is 0 Å². The van der Waals surface area contributed by atoms with E-state index in [9.17, 15) is 31.2 Å². The highest BCUT2D eigenvalue weighted by atomic mass is 32.2. The zero-order chi connectivity index (χ0) is 25.4. The van der Waals surface area contributed by atoms with Gasteiger partial charge in [-0.05, 0) is 61.7 Å². The summed E-state index contributed by atoms with van der Waals surface area (Å²) in [4.78, 5) is 31.5. The summed E-state index contributed by atoms with van der Waals surface area (Å²) in [5.41, 5.74) is -4.70. The number of nitrogens with one attached hydrogen (secondary N) is 1. The average Bonchev–Trinajstić information content (AvgIpc) is 3.02. The van der Waals surface area contributed by atoms with E-state index in [1.807, 2.05) is 6.07 Å². The first-order valence-corrected chi connectivity index (χ1v) is 12.7. The van der Waals surface area contributed by atoms with Crippen molar-refractivity contribution in [1.82, 2.24) is 9.88 Å². The van der Waals surface area contributed by atoms with Gasteiger partial charge in [-0.15, -0.1) is 0 Å². The molecule has 1 atom stereocenters. The highest BCUT2D eigenvalue weighted by molar-refractivity contribution is 7.92. The van der Waals surface area contributed by atoms with E-state index in [1.165, 1.54) is 11.3 Å². The van der Waals surface area contributed by atoms with E-state index in [4.69, 9.17) is 0 Å². The molecule has 1 saturated heterocycles. The Bertz CT molecular complexity index is 1210. The first-order chi connectivity index (χ1) is 16.5. The predicted molar refractivity (Wildman–Crippen MR) is 122 cm³/mol. The van der Waals surface area contributed by atoms with Gasteiger partial charge in [0.25, 0.3) is 15.7 Å². The zero-order valence-corrected chi connectivity index (χ0v) is 19.8. The van der Waals surface area contributed by atoms with Crippen molar-refractivity contribution in [3.05, 3.63) is 48.2 Å². The highest BCUT2D eigenvalue weighted by Gasteiger charge is 2.47. The summed E-state index contributed by atoms with van der Waals surface area (Å²) in [6.45, 7) is 1.69. The van der Waals surface area contributed by atoms with Crippen LogP contribution in [0.15, 0.2) is 47.5 Å². The van der Waals surface area contributed by atoms with Gasteiger partial charge < -0.3 is 10.2 Å². The van der Waals surface area contributed by atoms with Gasteiger partial charge in [-0.2, -0.15) is 13.2 Å². The molecule has 1 unspecified atom stereocenters. The second-order valence-corrected chi connectivity index (χ2v) is 10.7. The summed E-state index contributed by atoms with van der Waals surface area (Å²) in [5.74, 6) is 0.134. The predicted octanol–water partition coefficient (Wildman–Crippen LogP) is 4.48. The smallest absolute Gasteiger partial charge is 0.367 e. The molecule has 35 heavy (non-hydrogen) atoms. The highest BCUT2D eigenvalue weighted by Crippen LogP contribution is 2.33. The molecule has 1 aliphatic carbocycles. The van der Waals surface area contributed by atoms with Gasteiger partial charge in [0.15, 0.2) is 0 Å². The van der Waals surface area contributed by atoms with Gasteiger partial charge in [0.1, 0.15) is 11.9 Å². The number of urea groups is 1. The number of alkyl halides is 3. The van der Waals surface area contributed by atoms with Crippen molar-refractivity contribution < 1.29 is 31.2 Å². The quantitative estimate of drug-likeness (QED) is 0.576. The van der Waals surface area contributed by atoms with E-state index < -0.39 is 38.2 Å². The number of amides is 3.